The van der Waals surface area contributed by atoms with Crippen molar-refractivity contribution in [1.29, 1.82) is 0 Å². The molecule has 1 aliphatic rings. The summed E-state index contributed by atoms with van der Waals surface area (Å²) in [6.07, 6.45) is -2.51. The lowest BCUT2D eigenvalue weighted by Crippen LogP contribution is -2.57. The predicted molar refractivity (Wildman–Crippen MR) is 78.8 cm³/mol. The van der Waals surface area contributed by atoms with Crippen molar-refractivity contribution < 1.29 is 29.6 Å². The summed E-state index contributed by atoms with van der Waals surface area (Å²) in [5.74, 6) is -0.0108. The number of nitrogens with two attached hydrogens (primary N) is 1. The third-order valence-electron chi connectivity index (χ3n) is 3.61. The number of hydrogen-bond donors (Lipinski definition) is 5. The van der Waals surface area contributed by atoms with Crippen LogP contribution in [0.3, 0.4) is 0 Å². The van der Waals surface area contributed by atoms with E-state index < -0.39 is 30.7 Å². The zero-order valence-electron chi connectivity index (χ0n) is 13.0. The molecule has 8 heteroatoms. The second-order valence-electron chi connectivity index (χ2n) is 5.50. The second-order valence-corrected chi connectivity index (χ2v) is 5.50. The van der Waals surface area contributed by atoms with Gasteiger partial charge in [-0.1, -0.05) is 6.42 Å². The first-order valence-corrected chi connectivity index (χ1v) is 7.75. The normalized spacial score (nSPS) is 32.0. The van der Waals surface area contributed by atoms with Crippen LogP contribution < -0.4 is 11.1 Å². The number of nitrogens with one attached hydrogen (secondary N) is 1. The fraction of sp³-hybridized carbons (Fsp3) is 0.929. The maximum Gasteiger partial charge on any atom is 0.220 e. The average Bonchev–Trinajstić information content (AvgIpc) is 2.51. The molecule has 1 rings (SSSR count). The smallest absolute Gasteiger partial charge is 0.220 e. The molecular weight excluding hydrogens is 292 g/mol. The molecule has 0 radical (unpaired) electrons. The number of unbranched alkanes of at least 4 members (excludes halogenated alkanes) is 2. The van der Waals surface area contributed by atoms with Crippen LogP contribution in [0.25, 0.3) is 0 Å². The number of aliphatic hydroxyl groups is 3. The summed E-state index contributed by atoms with van der Waals surface area (Å²) in [5.41, 5.74) is 5.28. The number of aliphatic hydroxyl groups excluding tert-OH is 3. The summed E-state index contributed by atoms with van der Waals surface area (Å²) in [6, 6.07) is 0. The largest absolute Gasteiger partial charge is 0.388 e. The van der Waals surface area contributed by atoms with Crippen molar-refractivity contribution in [3.63, 3.8) is 0 Å². The molecule has 1 saturated heterocycles. The Hall–Kier alpha value is -0.770. The third-order valence-corrected chi connectivity index (χ3v) is 3.61. The van der Waals surface area contributed by atoms with Crippen LogP contribution >= 0.6 is 0 Å². The molecule has 22 heavy (non-hydrogen) atoms. The van der Waals surface area contributed by atoms with Crippen LogP contribution in [0.4, 0.5) is 0 Å². The minimum atomic E-state index is -1.28. The standard InChI is InChI=1S/C14H28N2O6/c1-9-11(18)12(19)13(20)14(22-9)21-8-4-2-3-5-10(17)16-7-6-15/h9,11-14,18-20H,2-8,15H2,1H3,(H,16,17)/t9?,11-,12+,13?,14+/m0/s1. The number of carbonyl (C=O) groups is 1. The van der Waals surface area contributed by atoms with Crippen molar-refractivity contribution in [2.75, 3.05) is 19.7 Å². The van der Waals surface area contributed by atoms with Crippen molar-refractivity contribution >= 4 is 5.91 Å². The zero-order chi connectivity index (χ0) is 16.5. The molecule has 0 bridgehead atoms. The molecule has 1 heterocycles. The lowest BCUT2D eigenvalue weighted by molar-refractivity contribution is -0.293. The molecule has 5 atom stereocenters. The molecule has 6 N–H and O–H groups in total. The van der Waals surface area contributed by atoms with Crippen molar-refractivity contribution in [3.05, 3.63) is 0 Å². The van der Waals surface area contributed by atoms with Gasteiger partial charge in [0, 0.05) is 26.1 Å². The lowest BCUT2D eigenvalue weighted by Gasteiger charge is -2.38. The van der Waals surface area contributed by atoms with Crippen LogP contribution in [0.15, 0.2) is 0 Å². The van der Waals surface area contributed by atoms with Gasteiger partial charge >= 0.3 is 0 Å². The summed E-state index contributed by atoms with van der Waals surface area (Å²) in [5, 5.41) is 31.7. The van der Waals surface area contributed by atoms with E-state index in [-0.39, 0.29) is 5.91 Å². The molecule has 0 saturated carbocycles. The Labute approximate surface area is 130 Å². The van der Waals surface area contributed by atoms with E-state index in [1.807, 2.05) is 0 Å². The summed E-state index contributed by atoms with van der Waals surface area (Å²) in [4.78, 5) is 11.3. The number of hydrogen-bond acceptors (Lipinski definition) is 7. The van der Waals surface area contributed by atoms with Gasteiger partial charge < -0.3 is 35.8 Å². The van der Waals surface area contributed by atoms with Gasteiger partial charge in [-0.05, 0) is 19.8 Å². The molecular formula is C14H28N2O6. The maximum absolute atomic E-state index is 11.3. The predicted octanol–water partition coefficient (Wildman–Crippen LogP) is -1.53. The lowest BCUT2D eigenvalue weighted by atomic mass is 10.0. The Morgan fingerprint density at radius 3 is 2.59 bits per heavy atom. The highest BCUT2D eigenvalue weighted by Crippen LogP contribution is 2.21. The van der Waals surface area contributed by atoms with Crippen LogP contribution in [0.1, 0.15) is 32.6 Å². The highest BCUT2D eigenvalue weighted by Gasteiger charge is 2.42. The first kappa shape index (κ1) is 19.3. The fourth-order valence-electron chi connectivity index (χ4n) is 2.21. The molecule has 2 unspecified atom stereocenters. The Morgan fingerprint density at radius 2 is 1.91 bits per heavy atom. The average molecular weight is 320 g/mol. The van der Waals surface area contributed by atoms with Gasteiger partial charge in [-0.25, -0.2) is 0 Å². The highest BCUT2D eigenvalue weighted by atomic mass is 16.7. The Bertz CT molecular complexity index is 330. The van der Waals surface area contributed by atoms with E-state index >= 15 is 0 Å². The molecule has 8 nitrogen and oxygen atoms in total. The molecule has 0 aliphatic carbocycles. The van der Waals surface area contributed by atoms with Crippen LogP contribution in [0, 0.1) is 0 Å². The third kappa shape index (κ3) is 6.15. The van der Waals surface area contributed by atoms with Gasteiger partial charge in [0.25, 0.3) is 0 Å². The second kappa shape index (κ2) is 10.1. The van der Waals surface area contributed by atoms with Gasteiger partial charge in [0.2, 0.25) is 5.91 Å². The molecule has 0 aromatic carbocycles. The van der Waals surface area contributed by atoms with Gasteiger partial charge in [-0.15, -0.1) is 0 Å². The number of carbonyl (C=O) groups excluding carboxylic acids is 1. The fourth-order valence-corrected chi connectivity index (χ4v) is 2.21. The van der Waals surface area contributed by atoms with Crippen molar-refractivity contribution in [1.82, 2.24) is 5.32 Å². The molecule has 1 fully saturated rings. The number of ether oxygens (including phenoxy) is 2. The monoisotopic (exact) mass is 320 g/mol. The van der Waals surface area contributed by atoms with Crippen LogP contribution in [-0.2, 0) is 14.3 Å². The van der Waals surface area contributed by atoms with E-state index in [4.69, 9.17) is 15.2 Å². The SMILES string of the molecule is CC1O[C@@H](OCCCCCC(=O)NCCN)C(O)[C@H](O)[C@H]1O. The van der Waals surface area contributed by atoms with Crippen molar-refractivity contribution in [2.24, 2.45) is 5.73 Å². The molecule has 130 valence electrons. The van der Waals surface area contributed by atoms with Gasteiger partial charge in [0.05, 0.1) is 6.10 Å². The Morgan fingerprint density at radius 1 is 1.18 bits per heavy atom. The van der Waals surface area contributed by atoms with Crippen molar-refractivity contribution in [3.8, 4) is 0 Å². The summed E-state index contributed by atoms with van der Waals surface area (Å²) < 4.78 is 10.7. The molecule has 0 aromatic heterocycles. The zero-order valence-corrected chi connectivity index (χ0v) is 13.0. The Balaban J connectivity index is 2.10. The van der Waals surface area contributed by atoms with Crippen LogP contribution in [-0.4, -0.2) is 71.6 Å². The molecule has 0 aromatic rings. The van der Waals surface area contributed by atoms with E-state index in [9.17, 15) is 20.1 Å². The van der Waals surface area contributed by atoms with E-state index in [1.54, 1.807) is 6.92 Å². The van der Waals surface area contributed by atoms with Crippen LogP contribution in [0.5, 0.6) is 0 Å². The quantitative estimate of drug-likeness (QED) is 0.325. The van der Waals surface area contributed by atoms with Crippen LogP contribution in [0.2, 0.25) is 0 Å². The molecule has 1 amide bonds. The Kier molecular flexibility index (Phi) is 8.84. The first-order valence-electron chi connectivity index (χ1n) is 7.75. The molecule has 1 aliphatic heterocycles. The van der Waals surface area contributed by atoms with Gasteiger partial charge in [-0.3, -0.25) is 4.79 Å². The summed E-state index contributed by atoms with van der Waals surface area (Å²) in [7, 11) is 0. The summed E-state index contributed by atoms with van der Waals surface area (Å²) >= 11 is 0. The topological polar surface area (TPSA) is 134 Å². The minimum Gasteiger partial charge on any atom is -0.388 e. The van der Waals surface area contributed by atoms with Gasteiger partial charge in [-0.2, -0.15) is 0 Å². The number of amides is 1. The van der Waals surface area contributed by atoms with E-state index in [0.29, 0.717) is 32.5 Å². The minimum absolute atomic E-state index is 0.0108. The highest BCUT2D eigenvalue weighted by molar-refractivity contribution is 5.75. The molecule has 0 spiro atoms. The van der Waals surface area contributed by atoms with E-state index in [1.165, 1.54) is 0 Å². The number of rotatable bonds is 9. The van der Waals surface area contributed by atoms with Crippen molar-refractivity contribution in [2.45, 2.75) is 63.3 Å². The van der Waals surface area contributed by atoms with Gasteiger partial charge in [0.15, 0.2) is 6.29 Å². The maximum atomic E-state index is 11.3. The van der Waals surface area contributed by atoms with Gasteiger partial charge in [0.1, 0.15) is 18.3 Å². The van der Waals surface area contributed by atoms with E-state index in [2.05, 4.69) is 5.32 Å². The summed E-state index contributed by atoms with van der Waals surface area (Å²) in [6.45, 7) is 2.88. The first-order chi connectivity index (χ1) is 10.5. The van der Waals surface area contributed by atoms with E-state index in [0.717, 1.165) is 12.8 Å².